The van der Waals surface area contributed by atoms with E-state index in [9.17, 15) is 14.0 Å². The monoisotopic (exact) mass is 359 g/mol. The first-order valence-corrected chi connectivity index (χ1v) is 7.93. The van der Waals surface area contributed by atoms with E-state index in [2.05, 4.69) is 16.0 Å². The molecule has 1 heterocycles. The molecule has 25 heavy (non-hydrogen) atoms. The van der Waals surface area contributed by atoms with Gasteiger partial charge in [0, 0.05) is 5.70 Å². The summed E-state index contributed by atoms with van der Waals surface area (Å²) in [6.07, 6.45) is 0. The largest absolute Gasteiger partial charge is 0.327 e. The maximum absolute atomic E-state index is 13.2. The highest BCUT2D eigenvalue weighted by Gasteiger charge is 2.31. The smallest absolute Gasteiger partial charge is 0.319 e. The topological polar surface area (TPSA) is 70.2 Å². The van der Waals surface area contributed by atoms with Crippen molar-refractivity contribution in [2.24, 2.45) is 0 Å². The van der Waals surface area contributed by atoms with Crippen molar-refractivity contribution in [1.29, 1.82) is 0 Å². The highest BCUT2D eigenvalue weighted by atomic mass is 35.5. The molecule has 0 aromatic heterocycles. The Kier molecular flexibility index (Phi) is 4.72. The van der Waals surface area contributed by atoms with Gasteiger partial charge in [0.25, 0.3) is 5.91 Å². The van der Waals surface area contributed by atoms with E-state index in [0.29, 0.717) is 27.5 Å². The first kappa shape index (κ1) is 17.0. The van der Waals surface area contributed by atoms with Crippen LogP contribution in [0.3, 0.4) is 0 Å². The zero-order valence-electron chi connectivity index (χ0n) is 13.3. The Bertz CT molecular complexity index is 865. The van der Waals surface area contributed by atoms with Gasteiger partial charge in [-0.05, 0) is 36.8 Å². The SMILES string of the molecule is CC1=C(C(=O)Nc2ccccc2Cl)[C@H](c2ccc(F)cc2)NC(=O)N1. The van der Waals surface area contributed by atoms with E-state index in [-0.39, 0.29) is 0 Å². The molecule has 5 nitrogen and oxygen atoms in total. The maximum Gasteiger partial charge on any atom is 0.319 e. The van der Waals surface area contributed by atoms with E-state index in [4.69, 9.17) is 11.6 Å². The van der Waals surface area contributed by atoms with Crippen molar-refractivity contribution in [2.45, 2.75) is 13.0 Å². The molecule has 0 radical (unpaired) electrons. The summed E-state index contributed by atoms with van der Waals surface area (Å²) in [7, 11) is 0. The Labute approximate surface area is 148 Å². The molecule has 0 unspecified atom stereocenters. The summed E-state index contributed by atoms with van der Waals surface area (Å²) in [5.74, 6) is -0.806. The zero-order chi connectivity index (χ0) is 18.0. The number of carbonyl (C=O) groups excluding carboxylic acids is 2. The summed E-state index contributed by atoms with van der Waals surface area (Å²) in [4.78, 5) is 24.6. The van der Waals surface area contributed by atoms with Gasteiger partial charge in [-0.15, -0.1) is 0 Å². The minimum Gasteiger partial charge on any atom is -0.327 e. The minimum absolute atomic E-state index is 0.325. The van der Waals surface area contributed by atoms with E-state index in [1.165, 1.54) is 24.3 Å². The molecule has 2 aromatic rings. The molecule has 1 atom stereocenters. The van der Waals surface area contributed by atoms with Crippen LogP contribution in [0.4, 0.5) is 14.9 Å². The fourth-order valence-electron chi connectivity index (χ4n) is 2.65. The summed E-state index contributed by atoms with van der Waals surface area (Å²) >= 11 is 6.08. The van der Waals surface area contributed by atoms with Crippen LogP contribution >= 0.6 is 11.6 Å². The molecule has 0 saturated carbocycles. The number of para-hydroxylation sites is 1. The number of hydrogen-bond acceptors (Lipinski definition) is 2. The van der Waals surface area contributed by atoms with Crippen LogP contribution in [-0.2, 0) is 4.79 Å². The second kappa shape index (κ2) is 6.94. The Morgan fingerprint density at radius 3 is 2.52 bits per heavy atom. The number of halogens is 2. The van der Waals surface area contributed by atoms with E-state index in [1.807, 2.05) is 0 Å². The molecule has 3 amide bonds. The molecule has 128 valence electrons. The molecule has 3 N–H and O–H groups in total. The maximum atomic E-state index is 13.2. The number of nitrogens with one attached hydrogen (secondary N) is 3. The highest BCUT2D eigenvalue weighted by Crippen LogP contribution is 2.29. The molecule has 0 spiro atoms. The Balaban J connectivity index is 1.96. The van der Waals surface area contributed by atoms with Crippen molar-refractivity contribution in [3.05, 3.63) is 76.2 Å². The molecule has 1 aliphatic heterocycles. The van der Waals surface area contributed by atoms with Gasteiger partial charge in [0.05, 0.1) is 22.3 Å². The first-order valence-electron chi connectivity index (χ1n) is 7.55. The van der Waals surface area contributed by atoms with Crippen molar-refractivity contribution in [3.63, 3.8) is 0 Å². The second-order valence-corrected chi connectivity index (χ2v) is 5.96. The zero-order valence-corrected chi connectivity index (χ0v) is 14.0. The van der Waals surface area contributed by atoms with Gasteiger partial charge in [0.2, 0.25) is 0 Å². The van der Waals surface area contributed by atoms with Crippen LogP contribution in [0.15, 0.2) is 59.8 Å². The molecular formula is C18H15ClFN3O2. The molecule has 0 saturated heterocycles. The van der Waals surface area contributed by atoms with Crippen LogP contribution in [0.25, 0.3) is 0 Å². The average Bonchev–Trinajstić information content (AvgIpc) is 2.57. The van der Waals surface area contributed by atoms with E-state index >= 15 is 0 Å². The highest BCUT2D eigenvalue weighted by molar-refractivity contribution is 6.33. The lowest BCUT2D eigenvalue weighted by atomic mass is 9.95. The van der Waals surface area contributed by atoms with Gasteiger partial charge in [-0.25, -0.2) is 9.18 Å². The van der Waals surface area contributed by atoms with Crippen molar-refractivity contribution < 1.29 is 14.0 Å². The van der Waals surface area contributed by atoms with Gasteiger partial charge in [0.1, 0.15) is 5.82 Å². The number of allylic oxidation sites excluding steroid dienone is 1. The lowest BCUT2D eigenvalue weighted by Crippen LogP contribution is -2.46. The Hall–Kier alpha value is -2.86. The van der Waals surface area contributed by atoms with E-state index in [0.717, 1.165) is 0 Å². The molecule has 7 heteroatoms. The van der Waals surface area contributed by atoms with Crippen LogP contribution in [0.1, 0.15) is 18.5 Å². The van der Waals surface area contributed by atoms with Crippen LogP contribution in [-0.4, -0.2) is 11.9 Å². The molecule has 1 aliphatic rings. The van der Waals surface area contributed by atoms with Crippen molar-refractivity contribution in [3.8, 4) is 0 Å². The third-order valence-corrected chi connectivity index (χ3v) is 4.17. The minimum atomic E-state index is -0.697. The third kappa shape index (κ3) is 3.64. The van der Waals surface area contributed by atoms with Crippen molar-refractivity contribution in [2.75, 3.05) is 5.32 Å². The standard InChI is InChI=1S/C18H15ClFN3O2/c1-10-15(17(24)22-14-5-3-2-4-13(14)19)16(23-18(25)21-10)11-6-8-12(20)9-7-11/h2-9,16H,1H3,(H,22,24)(H2,21,23,25)/t16-/m0/s1. The number of urea groups is 1. The molecule has 2 aromatic carbocycles. The number of rotatable bonds is 3. The van der Waals surface area contributed by atoms with Gasteiger partial charge >= 0.3 is 6.03 Å². The average molecular weight is 360 g/mol. The summed E-state index contributed by atoms with van der Waals surface area (Å²) < 4.78 is 13.2. The van der Waals surface area contributed by atoms with Crippen LogP contribution in [0.2, 0.25) is 5.02 Å². The van der Waals surface area contributed by atoms with Crippen LogP contribution in [0, 0.1) is 5.82 Å². The number of anilines is 1. The summed E-state index contributed by atoms with van der Waals surface area (Å²) in [6, 6.07) is 11.3. The lowest BCUT2D eigenvalue weighted by molar-refractivity contribution is -0.113. The molecule has 0 bridgehead atoms. The predicted octanol–water partition coefficient (Wildman–Crippen LogP) is 3.75. The van der Waals surface area contributed by atoms with Gasteiger partial charge in [-0.2, -0.15) is 0 Å². The van der Waals surface area contributed by atoms with Crippen LogP contribution in [0.5, 0.6) is 0 Å². The number of benzene rings is 2. The number of carbonyl (C=O) groups is 2. The quantitative estimate of drug-likeness (QED) is 0.781. The molecule has 0 aliphatic carbocycles. The van der Waals surface area contributed by atoms with Gasteiger partial charge in [-0.1, -0.05) is 35.9 Å². The van der Waals surface area contributed by atoms with Crippen molar-refractivity contribution >= 4 is 29.2 Å². The van der Waals surface area contributed by atoms with Gasteiger partial charge in [-0.3, -0.25) is 4.79 Å². The first-order chi connectivity index (χ1) is 12.0. The van der Waals surface area contributed by atoms with Gasteiger partial charge < -0.3 is 16.0 Å². The predicted molar refractivity (Wildman–Crippen MR) is 93.6 cm³/mol. The molecule has 0 fully saturated rings. The van der Waals surface area contributed by atoms with E-state index < -0.39 is 23.8 Å². The summed E-state index contributed by atoms with van der Waals surface area (Å²) in [6.45, 7) is 1.64. The van der Waals surface area contributed by atoms with Crippen molar-refractivity contribution in [1.82, 2.24) is 10.6 Å². The summed E-state index contributed by atoms with van der Waals surface area (Å²) in [5, 5.41) is 8.42. The molecular weight excluding hydrogens is 345 g/mol. The van der Waals surface area contributed by atoms with Gasteiger partial charge in [0.15, 0.2) is 0 Å². The second-order valence-electron chi connectivity index (χ2n) is 5.56. The lowest BCUT2D eigenvalue weighted by Gasteiger charge is -2.28. The normalized spacial score (nSPS) is 16.9. The summed E-state index contributed by atoms with van der Waals surface area (Å²) in [5.41, 5.74) is 1.80. The third-order valence-electron chi connectivity index (χ3n) is 3.84. The fraction of sp³-hybridized carbons (Fsp3) is 0.111. The Morgan fingerprint density at radius 2 is 1.84 bits per heavy atom. The number of hydrogen-bond donors (Lipinski definition) is 3. The fourth-order valence-corrected chi connectivity index (χ4v) is 2.84. The number of amides is 3. The van der Waals surface area contributed by atoms with Crippen LogP contribution < -0.4 is 16.0 Å². The van der Waals surface area contributed by atoms with E-state index in [1.54, 1.807) is 31.2 Å². The Morgan fingerprint density at radius 1 is 1.16 bits per heavy atom. The molecule has 3 rings (SSSR count).